The van der Waals surface area contributed by atoms with Gasteiger partial charge in [0, 0.05) is 26.7 Å². The number of carbonyl (C=O) groups is 1. The molecule has 0 fully saturated rings. The molecule has 0 aromatic carbocycles. The Kier molecular flexibility index (Phi) is 5.58. The first-order valence-corrected chi connectivity index (χ1v) is 5.46. The molecule has 0 bridgehead atoms. The second kappa shape index (κ2) is 6.97. The number of aliphatic hydroxyl groups excluding tert-OH is 1. The van der Waals surface area contributed by atoms with E-state index in [1.807, 2.05) is 0 Å². The first-order valence-electron chi connectivity index (χ1n) is 5.46. The van der Waals surface area contributed by atoms with Crippen molar-refractivity contribution in [3.05, 3.63) is 11.4 Å². The van der Waals surface area contributed by atoms with E-state index in [1.54, 1.807) is 11.8 Å². The quantitative estimate of drug-likeness (QED) is 0.621. The van der Waals surface area contributed by atoms with Gasteiger partial charge < -0.3 is 14.9 Å². The number of hydrogen-bond donors (Lipinski definition) is 2. The van der Waals surface area contributed by atoms with E-state index in [-0.39, 0.29) is 12.3 Å². The van der Waals surface area contributed by atoms with Crippen molar-refractivity contribution in [3.63, 3.8) is 0 Å². The smallest absolute Gasteiger partial charge is 0.358 e. The number of carboxylic acids is 1. The highest BCUT2D eigenvalue weighted by molar-refractivity contribution is 5.86. The Labute approximate surface area is 99.0 Å². The SMILES string of the molecule is COCCc1c(C(=O)O)nnn1CCCCO. The molecule has 96 valence electrons. The van der Waals surface area contributed by atoms with Gasteiger partial charge in [0.05, 0.1) is 12.3 Å². The summed E-state index contributed by atoms with van der Waals surface area (Å²) < 4.78 is 6.50. The molecule has 0 amide bonds. The van der Waals surface area contributed by atoms with E-state index in [0.717, 1.165) is 6.42 Å². The zero-order chi connectivity index (χ0) is 12.7. The molecule has 1 aromatic rings. The second-order valence-corrected chi connectivity index (χ2v) is 3.59. The number of nitrogens with zero attached hydrogens (tertiary/aromatic N) is 3. The van der Waals surface area contributed by atoms with Crippen LogP contribution in [-0.2, 0) is 17.7 Å². The summed E-state index contributed by atoms with van der Waals surface area (Å²) in [6.07, 6.45) is 1.86. The van der Waals surface area contributed by atoms with Crippen LogP contribution in [0.15, 0.2) is 0 Å². The Morgan fingerprint density at radius 3 is 2.82 bits per heavy atom. The van der Waals surface area contributed by atoms with Crippen LogP contribution in [0.1, 0.15) is 29.0 Å². The van der Waals surface area contributed by atoms with Gasteiger partial charge in [-0.15, -0.1) is 5.10 Å². The largest absolute Gasteiger partial charge is 0.476 e. The summed E-state index contributed by atoms with van der Waals surface area (Å²) in [5.41, 5.74) is 0.545. The van der Waals surface area contributed by atoms with Gasteiger partial charge in [0.25, 0.3) is 0 Å². The fraction of sp³-hybridized carbons (Fsp3) is 0.700. The van der Waals surface area contributed by atoms with Crippen molar-refractivity contribution in [1.29, 1.82) is 0 Å². The minimum atomic E-state index is -1.08. The number of aryl methyl sites for hydroxylation is 1. The van der Waals surface area contributed by atoms with Crippen LogP contribution < -0.4 is 0 Å². The standard InChI is InChI=1S/C10H17N3O4/c1-17-7-4-8-9(10(15)16)11-12-13(8)5-2-3-6-14/h14H,2-7H2,1H3,(H,15,16). The number of aliphatic hydroxyl groups is 1. The summed E-state index contributed by atoms with van der Waals surface area (Å²) in [7, 11) is 1.56. The predicted octanol–water partition coefficient (Wildman–Crippen LogP) is -0.0623. The lowest BCUT2D eigenvalue weighted by Gasteiger charge is -2.05. The van der Waals surface area contributed by atoms with Crippen LogP contribution in [-0.4, -0.2) is 51.5 Å². The molecule has 7 heteroatoms. The predicted molar refractivity (Wildman–Crippen MR) is 58.9 cm³/mol. The van der Waals surface area contributed by atoms with E-state index < -0.39 is 5.97 Å². The number of aromatic carboxylic acids is 1. The van der Waals surface area contributed by atoms with Gasteiger partial charge in [-0.25, -0.2) is 9.48 Å². The van der Waals surface area contributed by atoms with Gasteiger partial charge in [0.15, 0.2) is 5.69 Å². The number of methoxy groups -OCH3 is 1. The molecule has 1 heterocycles. The topological polar surface area (TPSA) is 97.5 Å². The Hall–Kier alpha value is -1.47. The maximum Gasteiger partial charge on any atom is 0.358 e. The Morgan fingerprint density at radius 2 is 2.24 bits per heavy atom. The highest BCUT2D eigenvalue weighted by Crippen LogP contribution is 2.08. The number of aromatic nitrogens is 3. The zero-order valence-electron chi connectivity index (χ0n) is 9.80. The molecule has 17 heavy (non-hydrogen) atoms. The third-order valence-electron chi connectivity index (χ3n) is 2.36. The van der Waals surface area contributed by atoms with Gasteiger partial charge in [-0.1, -0.05) is 5.21 Å². The molecule has 1 aromatic heterocycles. The summed E-state index contributed by atoms with van der Waals surface area (Å²) in [6, 6.07) is 0. The van der Waals surface area contributed by atoms with Gasteiger partial charge in [-0.05, 0) is 12.8 Å². The number of rotatable bonds is 8. The van der Waals surface area contributed by atoms with Crippen LogP contribution in [0.2, 0.25) is 0 Å². The highest BCUT2D eigenvalue weighted by atomic mass is 16.5. The molecule has 1 rings (SSSR count). The Morgan fingerprint density at radius 1 is 1.47 bits per heavy atom. The highest BCUT2D eigenvalue weighted by Gasteiger charge is 2.18. The lowest BCUT2D eigenvalue weighted by atomic mass is 10.2. The van der Waals surface area contributed by atoms with E-state index in [9.17, 15) is 4.79 Å². The monoisotopic (exact) mass is 243 g/mol. The summed E-state index contributed by atoms with van der Waals surface area (Å²) in [5.74, 6) is -1.08. The van der Waals surface area contributed by atoms with Gasteiger partial charge >= 0.3 is 5.97 Å². The molecule has 0 aliphatic rings. The number of ether oxygens (including phenoxy) is 1. The zero-order valence-corrected chi connectivity index (χ0v) is 9.80. The van der Waals surface area contributed by atoms with Gasteiger partial charge in [-0.3, -0.25) is 0 Å². The van der Waals surface area contributed by atoms with Crippen molar-refractivity contribution in [2.24, 2.45) is 0 Å². The number of unbranched alkanes of at least 4 members (excludes halogenated alkanes) is 1. The molecule has 2 N–H and O–H groups in total. The molecule has 0 aliphatic carbocycles. The van der Waals surface area contributed by atoms with Crippen LogP contribution in [0.3, 0.4) is 0 Å². The Balaban J connectivity index is 2.76. The van der Waals surface area contributed by atoms with E-state index in [4.69, 9.17) is 14.9 Å². The van der Waals surface area contributed by atoms with E-state index in [1.165, 1.54) is 0 Å². The third kappa shape index (κ3) is 3.79. The van der Waals surface area contributed by atoms with Crippen molar-refractivity contribution in [3.8, 4) is 0 Å². The van der Waals surface area contributed by atoms with Gasteiger partial charge in [-0.2, -0.15) is 0 Å². The lowest BCUT2D eigenvalue weighted by Crippen LogP contribution is -2.11. The average molecular weight is 243 g/mol. The molecule has 0 atom stereocenters. The first kappa shape index (κ1) is 13.6. The van der Waals surface area contributed by atoms with Crippen LogP contribution in [0, 0.1) is 0 Å². The van der Waals surface area contributed by atoms with Crippen LogP contribution >= 0.6 is 0 Å². The molecule has 0 spiro atoms. The average Bonchev–Trinajstić information content (AvgIpc) is 2.70. The van der Waals surface area contributed by atoms with Crippen molar-refractivity contribution in [1.82, 2.24) is 15.0 Å². The van der Waals surface area contributed by atoms with Crippen molar-refractivity contribution >= 4 is 5.97 Å². The molecule has 7 nitrogen and oxygen atoms in total. The summed E-state index contributed by atoms with van der Waals surface area (Å²) in [4.78, 5) is 10.9. The van der Waals surface area contributed by atoms with E-state index in [0.29, 0.717) is 31.7 Å². The molecule has 0 aliphatic heterocycles. The van der Waals surface area contributed by atoms with Crippen LogP contribution in [0.25, 0.3) is 0 Å². The minimum absolute atomic E-state index is 0.0222. The fourth-order valence-electron chi connectivity index (χ4n) is 1.50. The van der Waals surface area contributed by atoms with Crippen LogP contribution in [0.4, 0.5) is 0 Å². The molecule has 0 saturated carbocycles. The maximum absolute atomic E-state index is 10.9. The van der Waals surface area contributed by atoms with Crippen LogP contribution in [0.5, 0.6) is 0 Å². The first-order chi connectivity index (χ1) is 8.20. The maximum atomic E-state index is 10.9. The fourth-order valence-corrected chi connectivity index (χ4v) is 1.50. The third-order valence-corrected chi connectivity index (χ3v) is 2.36. The molecule has 0 saturated heterocycles. The second-order valence-electron chi connectivity index (χ2n) is 3.59. The van der Waals surface area contributed by atoms with E-state index in [2.05, 4.69) is 10.3 Å². The normalized spacial score (nSPS) is 10.7. The van der Waals surface area contributed by atoms with Gasteiger partial charge in [0.2, 0.25) is 0 Å². The molecule has 0 unspecified atom stereocenters. The van der Waals surface area contributed by atoms with Crippen molar-refractivity contribution in [2.75, 3.05) is 20.3 Å². The number of hydrogen-bond acceptors (Lipinski definition) is 5. The molecular weight excluding hydrogens is 226 g/mol. The summed E-state index contributed by atoms with van der Waals surface area (Å²) in [5, 5.41) is 25.1. The minimum Gasteiger partial charge on any atom is -0.476 e. The van der Waals surface area contributed by atoms with E-state index >= 15 is 0 Å². The lowest BCUT2D eigenvalue weighted by molar-refractivity contribution is 0.0688. The molecular formula is C10H17N3O4. The van der Waals surface area contributed by atoms with Crippen molar-refractivity contribution < 1.29 is 19.7 Å². The van der Waals surface area contributed by atoms with Gasteiger partial charge in [0.1, 0.15) is 0 Å². The molecule has 0 radical (unpaired) electrons. The number of carboxylic acid groups (broad SMARTS) is 1. The summed E-state index contributed by atoms with van der Waals surface area (Å²) in [6.45, 7) is 1.10. The van der Waals surface area contributed by atoms with Crippen molar-refractivity contribution in [2.45, 2.75) is 25.8 Å². The summed E-state index contributed by atoms with van der Waals surface area (Å²) >= 11 is 0. The Bertz CT molecular complexity index is 364.